The smallest absolute Gasteiger partial charge is 0.456 e. The summed E-state index contributed by atoms with van der Waals surface area (Å²) >= 11 is 3.47. The van der Waals surface area contributed by atoms with Crippen LogP contribution in [0.25, 0.3) is 142 Å². The van der Waals surface area contributed by atoms with Crippen LogP contribution < -0.4 is 5.46 Å². The van der Waals surface area contributed by atoms with Crippen LogP contribution in [0.5, 0.6) is 0 Å². The largest absolute Gasteiger partial charge is 0.489 e. The molecule has 0 bridgehead atoms. The van der Waals surface area contributed by atoms with Crippen LogP contribution in [-0.4, -0.2) is 17.2 Å². The molecule has 0 unspecified atom stereocenters. The molecule has 78 heavy (non-hydrogen) atoms. The van der Waals surface area contributed by atoms with Gasteiger partial charge in [0.25, 0.3) is 0 Å². The third-order valence-electron chi connectivity index (χ3n) is 15.2. The topological polar surface area (TPSA) is 66.7 Å². The van der Waals surface area contributed by atoms with Gasteiger partial charge in [-0.15, -0.1) is 0 Å². The fraction of sp³-hybridized carbons (Fsp3) is 0. The van der Waals surface area contributed by atoms with Crippen LogP contribution in [0.15, 0.2) is 280 Å². The summed E-state index contributed by atoms with van der Waals surface area (Å²) in [6.07, 6.45) is 0. The molecular weight excluding hydrogens is 1020 g/mol. The van der Waals surface area contributed by atoms with E-state index in [9.17, 15) is 10.0 Å². The summed E-state index contributed by atoms with van der Waals surface area (Å²) in [6.45, 7) is 0. The minimum Gasteiger partial charge on any atom is -0.456 e. The van der Waals surface area contributed by atoms with Gasteiger partial charge in [0.1, 0.15) is 22.3 Å². The molecule has 0 spiro atoms. The van der Waals surface area contributed by atoms with Gasteiger partial charge in [0.2, 0.25) is 0 Å². The van der Waals surface area contributed by atoms with E-state index in [0.717, 1.165) is 70.2 Å². The van der Waals surface area contributed by atoms with Gasteiger partial charge in [0, 0.05) is 26.0 Å². The van der Waals surface area contributed by atoms with Crippen LogP contribution in [0.2, 0.25) is 0 Å². The van der Waals surface area contributed by atoms with Crippen LogP contribution in [0.4, 0.5) is 0 Å². The maximum atomic E-state index is 9.94. The lowest BCUT2D eigenvalue weighted by Gasteiger charge is -2.17. The highest BCUT2D eigenvalue weighted by molar-refractivity contribution is 9.10. The molecule has 0 aliphatic rings. The van der Waals surface area contributed by atoms with Gasteiger partial charge in [-0.2, -0.15) is 0 Å². The Labute approximate surface area is 457 Å². The third kappa shape index (κ3) is 8.26. The first-order valence-electron chi connectivity index (χ1n) is 26.1. The Hall–Kier alpha value is -9.30. The second-order valence-electron chi connectivity index (χ2n) is 19.8. The van der Waals surface area contributed by atoms with E-state index in [1.807, 2.05) is 84.9 Å². The van der Waals surface area contributed by atoms with E-state index in [-0.39, 0.29) is 0 Å². The number of rotatable bonds is 4. The van der Waals surface area contributed by atoms with Crippen molar-refractivity contribution in [2.75, 3.05) is 0 Å². The Morgan fingerprint density at radius 1 is 0.256 bits per heavy atom. The van der Waals surface area contributed by atoms with E-state index in [4.69, 9.17) is 8.83 Å². The van der Waals surface area contributed by atoms with E-state index < -0.39 is 7.12 Å². The van der Waals surface area contributed by atoms with Gasteiger partial charge in [-0.3, -0.25) is 0 Å². The van der Waals surface area contributed by atoms with E-state index in [2.05, 4.69) is 198 Å². The van der Waals surface area contributed by atoms with E-state index in [1.54, 1.807) is 0 Å². The molecule has 14 aromatic carbocycles. The van der Waals surface area contributed by atoms with Crippen LogP contribution in [0.3, 0.4) is 0 Å². The first kappa shape index (κ1) is 47.2. The average Bonchev–Trinajstić information content (AvgIpc) is 4.12. The van der Waals surface area contributed by atoms with Crippen molar-refractivity contribution >= 4 is 137 Å². The number of hydrogen-bond donors (Lipinski definition) is 2. The Morgan fingerprint density at radius 2 is 0.577 bits per heavy atom. The molecule has 2 aromatic heterocycles. The SMILES string of the molecule is Brc1ccc2c(c1)oc1cc3ccccc3cc12.OB(O)c1c2ccccc2c(-c2ccccc2)c2ccccc12.c1ccc(-c2c3ccccc3c(-c3ccc4c(c3)oc3cc5ccccc5cc34)c3ccccc23)cc1. The second-order valence-corrected chi connectivity index (χ2v) is 20.7. The van der Waals surface area contributed by atoms with Crippen molar-refractivity contribution in [2.24, 2.45) is 0 Å². The number of hydrogen-bond acceptors (Lipinski definition) is 4. The van der Waals surface area contributed by atoms with Crippen molar-refractivity contribution in [3.63, 3.8) is 0 Å². The minimum atomic E-state index is -1.50. The molecule has 0 radical (unpaired) electrons. The van der Waals surface area contributed by atoms with Gasteiger partial charge in [0.15, 0.2) is 0 Å². The van der Waals surface area contributed by atoms with Gasteiger partial charge in [-0.05, 0) is 158 Å². The Bertz CT molecular complexity index is 4850. The van der Waals surface area contributed by atoms with Crippen LogP contribution >= 0.6 is 15.9 Å². The molecule has 0 saturated carbocycles. The number of furan rings is 2. The van der Waals surface area contributed by atoms with Gasteiger partial charge >= 0.3 is 7.12 Å². The van der Waals surface area contributed by atoms with Gasteiger partial charge < -0.3 is 18.9 Å². The van der Waals surface area contributed by atoms with Gasteiger partial charge in [-0.1, -0.05) is 228 Å². The molecule has 2 heterocycles. The van der Waals surface area contributed by atoms with Crippen LogP contribution in [0.1, 0.15) is 0 Å². The third-order valence-corrected chi connectivity index (χ3v) is 15.7. The lowest BCUT2D eigenvalue weighted by atomic mass is 9.72. The van der Waals surface area contributed by atoms with Crippen molar-refractivity contribution in [1.29, 1.82) is 0 Å². The highest BCUT2D eigenvalue weighted by atomic mass is 79.9. The summed E-state index contributed by atoms with van der Waals surface area (Å²) in [6, 6.07) is 92.7. The second kappa shape index (κ2) is 19.7. The number of fused-ring (bicyclic) bond motifs is 12. The highest BCUT2D eigenvalue weighted by Crippen LogP contribution is 2.45. The number of halogens is 1. The average molecular weight is 1070 g/mol. The zero-order valence-electron chi connectivity index (χ0n) is 42.1. The molecule has 0 fully saturated rings. The summed E-state index contributed by atoms with van der Waals surface area (Å²) < 4.78 is 13.4. The number of benzene rings is 14. The maximum Gasteiger partial charge on any atom is 0.489 e. The van der Waals surface area contributed by atoms with Crippen LogP contribution in [0, 0.1) is 0 Å². The normalized spacial score (nSPS) is 11.5. The molecule has 6 heteroatoms. The van der Waals surface area contributed by atoms with Crippen molar-refractivity contribution in [3.05, 3.63) is 271 Å². The first-order valence-corrected chi connectivity index (χ1v) is 26.9. The molecule has 16 rings (SSSR count). The molecule has 0 atom stereocenters. The zero-order chi connectivity index (χ0) is 52.3. The first-order chi connectivity index (χ1) is 38.4. The summed E-state index contributed by atoms with van der Waals surface area (Å²) in [7, 11) is -1.50. The van der Waals surface area contributed by atoms with Crippen molar-refractivity contribution in [2.45, 2.75) is 0 Å². The van der Waals surface area contributed by atoms with Crippen molar-refractivity contribution in [1.82, 2.24) is 0 Å². The van der Waals surface area contributed by atoms with Crippen LogP contribution in [-0.2, 0) is 0 Å². The molecule has 0 aliphatic carbocycles. The summed E-state index contributed by atoms with van der Waals surface area (Å²) in [4.78, 5) is 0. The maximum absolute atomic E-state index is 9.94. The molecule has 4 nitrogen and oxygen atoms in total. The fourth-order valence-corrected chi connectivity index (χ4v) is 12.1. The predicted molar refractivity (Wildman–Crippen MR) is 333 cm³/mol. The lowest BCUT2D eigenvalue weighted by Crippen LogP contribution is -2.31. The molecule has 0 amide bonds. The minimum absolute atomic E-state index is 0.566. The standard InChI is InChI=1S/C36H22O.C20H15BO2.C16H9BrO/c1-2-10-23(11-3-1)35-28-14-6-8-16-30(28)36(31-17-9-7-15-29(31)35)26-18-19-27-32-20-24-12-4-5-13-25(24)21-34(32)37-33(27)22-26;22-21(23)20-17-12-6-4-10-15(17)19(14-8-2-1-3-9-14)16-11-5-7-13-18(16)20;17-12-5-6-13-14-7-10-3-1-2-4-11(10)8-15(14)18-16(13)9-12/h1-22H;1-13,22-23H;1-9H. The monoisotopic (exact) mass is 1060 g/mol. The summed E-state index contributed by atoms with van der Waals surface area (Å²) in [5, 5.41) is 38.2. The highest BCUT2D eigenvalue weighted by Gasteiger charge is 2.23. The van der Waals surface area contributed by atoms with Gasteiger partial charge in [-0.25, -0.2) is 0 Å². The quantitative estimate of drug-likeness (QED) is 0.136. The predicted octanol–water partition coefficient (Wildman–Crippen LogP) is 19.2. The van der Waals surface area contributed by atoms with Crippen molar-refractivity contribution in [3.8, 4) is 33.4 Å². The van der Waals surface area contributed by atoms with Gasteiger partial charge in [0.05, 0.1) is 0 Å². The zero-order valence-corrected chi connectivity index (χ0v) is 43.7. The molecule has 0 aliphatic heterocycles. The van der Waals surface area contributed by atoms with E-state index >= 15 is 0 Å². The Balaban J connectivity index is 0.000000115. The molecular formula is C72H46BBrO4. The summed E-state index contributed by atoms with van der Waals surface area (Å²) in [5.74, 6) is 0. The fourth-order valence-electron chi connectivity index (χ4n) is 11.8. The molecule has 2 N–H and O–H groups in total. The lowest BCUT2D eigenvalue weighted by molar-refractivity contribution is 0.426. The Kier molecular flexibility index (Phi) is 11.9. The van der Waals surface area contributed by atoms with E-state index in [0.29, 0.717) is 5.46 Å². The molecule has 368 valence electrons. The molecule has 16 aromatic rings. The summed E-state index contributed by atoms with van der Waals surface area (Å²) in [5.41, 5.74) is 11.5. The van der Waals surface area contributed by atoms with Crippen molar-refractivity contribution < 1.29 is 18.9 Å². The van der Waals surface area contributed by atoms with E-state index in [1.165, 1.54) is 76.1 Å². The Morgan fingerprint density at radius 3 is 1.00 bits per heavy atom. The molecule has 0 saturated heterocycles.